The fraction of sp³-hybridized carbons (Fsp3) is 0.500. The Morgan fingerprint density at radius 1 is 1.48 bits per heavy atom. The number of hydrogen-bond donors (Lipinski definition) is 2. The van der Waals surface area contributed by atoms with Gasteiger partial charge in [0.2, 0.25) is 0 Å². The predicted octanol–water partition coefficient (Wildman–Crippen LogP) is 0.760. The molecule has 2 N–H and O–H groups in total. The summed E-state index contributed by atoms with van der Waals surface area (Å²) in [6, 6.07) is 5.16. The lowest BCUT2D eigenvalue weighted by molar-refractivity contribution is -0.00543. The summed E-state index contributed by atoms with van der Waals surface area (Å²) in [5, 5.41) is 21.5. The normalized spacial score (nSPS) is 27.1. The molecular formula is C16H19FN4O2. The molecule has 6 nitrogen and oxygen atoms in total. The lowest BCUT2D eigenvalue weighted by Crippen LogP contribution is -2.54. The van der Waals surface area contributed by atoms with E-state index in [1.165, 1.54) is 6.07 Å². The number of ether oxygens (including phenoxy) is 1. The van der Waals surface area contributed by atoms with Crippen LogP contribution in [0.25, 0.3) is 0 Å². The van der Waals surface area contributed by atoms with Crippen molar-refractivity contribution in [1.29, 1.82) is 0 Å². The van der Waals surface area contributed by atoms with Gasteiger partial charge in [0.15, 0.2) is 0 Å². The quantitative estimate of drug-likeness (QED) is 0.874. The zero-order valence-electron chi connectivity index (χ0n) is 12.7. The Kier molecular flexibility index (Phi) is 3.63. The summed E-state index contributed by atoms with van der Waals surface area (Å²) < 4.78 is 21.1. The van der Waals surface area contributed by atoms with Crippen molar-refractivity contribution >= 4 is 0 Å². The Hall–Kier alpha value is -1.83. The summed E-state index contributed by atoms with van der Waals surface area (Å²) in [6.07, 6.45) is 3.34. The number of rotatable bonds is 3. The van der Waals surface area contributed by atoms with Crippen molar-refractivity contribution in [2.45, 2.75) is 24.4 Å². The van der Waals surface area contributed by atoms with E-state index in [9.17, 15) is 9.50 Å². The van der Waals surface area contributed by atoms with E-state index < -0.39 is 5.54 Å². The molecule has 2 aromatic rings. The molecule has 1 fully saturated rings. The first-order valence-electron chi connectivity index (χ1n) is 7.87. The first-order chi connectivity index (χ1) is 11.2. The summed E-state index contributed by atoms with van der Waals surface area (Å²) >= 11 is 0. The number of aromatic nitrogens is 3. The molecule has 2 aliphatic rings. The van der Waals surface area contributed by atoms with E-state index in [1.807, 2.05) is 12.3 Å². The molecule has 1 aromatic carbocycles. The number of aliphatic hydroxyl groups is 1. The smallest absolute Gasteiger partial charge is 0.126 e. The van der Waals surface area contributed by atoms with Gasteiger partial charge >= 0.3 is 0 Å². The average Bonchev–Trinajstić information content (AvgIpc) is 3.23. The Labute approximate surface area is 133 Å². The Bertz CT molecular complexity index is 712. The van der Waals surface area contributed by atoms with Gasteiger partial charge in [-0.3, -0.25) is 5.32 Å². The van der Waals surface area contributed by atoms with E-state index in [0.29, 0.717) is 31.9 Å². The SMILES string of the molecule is OCC1(c2cn(C3CCc4c(F)cccc43)nn2)COCCN1. The van der Waals surface area contributed by atoms with Crippen LogP contribution in [-0.2, 0) is 16.7 Å². The number of halogens is 1. The summed E-state index contributed by atoms with van der Waals surface area (Å²) in [7, 11) is 0. The van der Waals surface area contributed by atoms with Gasteiger partial charge in [-0.1, -0.05) is 17.3 Å². The monoisotopic (exact) mass is 318 g/mol. The second kappa shape index (κ2) is 5.67. The highest BCUT2D eigenvalue weighted by atomic mass is 19.1. The third kappa shape index (κ3) is 2.36. The van der Waals surface area contributed by atoms with Crippen LogP contribution in [0.1, 0.15) is 29.3 Å². The fourth-order valence-corrected chi connectivity index (χ4v) is 3.52. The van der Waals surface area contributed by atoms with Gasteiger partial charge in [-0.25, -0.2) is 9.07 Å². The molecule has 1 aromatic heterocycles. The van der Waals surface area contributed by atoms with Crippen molar-refractivity contribution in [3.05, 3.63) is 47.0 Å². The van der Waals surface area contributed by atoms with Crippen LogP contribution >= 0.6 is 0 Å². The van der Waals surface area contributed by atoms with Crippen LogP contribution in [0.2, 0.25) is 0 Å². The van der Waals surface area contributed by atoms with Crippen LogP contribution in [0.15, 0.2) is 24.4 Å². The second-order valence-corrected chi connectivity index (χ2v) is 6.17. The van der Waals surface area contributed by atoms with E-state index in [1.54, 1.807) is 10.7 Å². The van der Waals surface area contributed by atoms with E-state index in [-0.39, 0.29) is 18.5 Å². The topological polar surface area (TPSA) is 72.2 Å². The molecule has 7 heteroatoms. The maximum absolute atomic E-state index is 13.9. The molecule has 2 heterocycles. The molecule has 0 saturated carbocycles. The van der Waals surface area contributed by atoms with E-state index in [2.05, 4.69) is 15.6 Å². The molecule has 0 bridgehead atoms. The average molecular weight is 318 g/mol. The number of nitrogens with zero attached hydrogens (tertiary/aromatic N) is 3. The predicted molar refractivity (Wildman–Crippen MR) is 80.5 cm³/mol. The summed E-state index contributed by atoms with van der Waals surface area (Å²) in [5.74, 6) is -0.153. The molecule has 122 valence electrons. The first kappa shape index (κ1) is 14.7. The van der Waals surface area contributed by atoms with Gasteiger partial charge in [0.25, 0.3) is 0 Å². The summed E-state index contributed by atoms with van der Waals surface area (Å²) in [4.78, 5) is 0. The van der Waals surface area contributed by atoms with Crippen molar-refractivity contribution in [3.8, 4) is 0 Å². The molecule has 0 radical (unpaired) electrons. The minimum Gasteiger partial charge on any atom is -0.394 e. The van der Waals surface area contributed by atoms with E-state index >= 15 is 0 Å². The van der Waals surface area contributed by atoms with Crippen molar-refractivity contribution in [1.82, 2.24) is 20.3 Å². The third-order valence-electron chi connectivity index (χ3n) is 4.83. The van der Waals surface area contributed by atoms with Crippen LogP contribution in [0, 0.1) is 5.82 Å². The summed E-state index contributed by atoms with van der Waals surface area (Å²) in [6.45, 7) is 1.52. The third-order valence-corrected chi connectivity index (χ3v) is 4.83. The number of hydrogen-bond acceptors (Lipinski definition) is 5. The number of nitrogens with one attached hydrogen (secondary N) is 1. The van der Waals surface area contributed by atoms with Gasteiger partial charge in [-0.05, 0) is 30.0 Å². The number of aliphatic hydroxyl groups excluding tert-OH is 1. The molecule has 1 saturated heterocycles. The van der Waals surface area contributed by atoms with Crippen LogP contribution in [0.4, 0.5) is 4.39 Å². The molecule has 1 aliphatic carbocycles. The zero-order chi connectivity index (χ0) is 15.9. The van der Waals surface area contributed by atoms with Gasteiger partial charge < -0.3 is 9.84 Å². The Morgan fingerprint density at radius 2 is 2.39 bits per heavy atom. The lowest BCUT2D eigenvalue weighted by Gasteiger charge is -2.34. The van der Waals surface area contributed by atoms with Gasteiger partial charge in [0.1, 0.15) is 17.1 Å². The van der Waals surface area contributed by atoms with Gasteiger partial charge in [0.05, 0.1) is 32.1 Å². The Morgan fingerprint density at radius 3 is 3.17 bits per heavy atom. The zero-order valence-corrected chi connectivity index (χ0v) is 12.7. The minimum absolute atomic E-state index is 0.0119. The van der Waals surface area contributed by atoms with Gasteiger partial charge in [0, 0.05) is 6.54 Å². The number of morpholine rings is 1. The first-order valence-corrected chi connectivity index (χ1v) is 7.87. The molecule has 0 spiro atoms. The lowest BCUT2D eigenvalue weighted by atomic mass is 9.97. The van der Waals surface area contributed by atoms with Crippen LogP contribution in [0.3, 0.4) is 0 Å². The molecule has 0 amide bonds. The van der Waals surface area contributed by atoms with Gasteiger partial charge in [-0.2, -0.15) is 0 Å². The number of benzene rings is 1. The van der Waals surface area contributed by atoms with Crippen LogP contribution < -0.4 is 5.32 Å². The standard InChI is InChI=1S/C16H19FN4O2/c17-13-3-1-2-12-11(13)4-5-14(12)21-8-15(19-20-21)16(9-22)10-23-7-6-18-16/h1-3,8,14,18,22H,4-7,9-10H2. The van der Waals surface area contributed by atoms with Crippen LogP contribution in [0.5, 0.6) is 0 Å². The van der Waals surface area contributed by atoms with Crippen LogP contribution in [-0.4, -0.2) is 46.5 Å². The van der Waals surface area contributed by atoms with E-state index in [4.69, 9.17) is 4.74 Å². The maximum atomic E-state index is 13.9. The maximum Gasteiger partial charge on any atom is 0.126 e. The summed E-state index contributed by atoms with van der Waals surface area (Å²) in [5.41, 5.74) is 1.68. The van der Waals surface area contributed by atoms with Crippen molar-refractivity contribution in [2.75, 3.05) is 26.4 Å². The van der Waals surface area contributed by atoms with Crippen molar-refractivity contribution in [3.63, 3.8) is 0 Å². The van der Waals surface area contributed by atoms with Gasteiger partial charge in [-0.15, -0.1) is 5.10 Å². The number of fused-ring (bicyclic) bond motifs is 1. The highest BCUT2D eigenvalue weighted by Gasteiger charge is 2.38. The Balaban J connectivity index is 1.66. The van der Waals surface area contributed by atoms with Crippen molar-refractivity contribution < 1.29 is 14.2 Å². The molecule has 2 atom stereocenters. The minimum atomic E-state index is -0.708. The molecule has 4 rings (SSSR count). The molecular weight excluding hydrogens is 299 g/mol. The molecule has 1 aliphatic heterocycles. The second-order valence-electron chi connectivity index (χ2n) is 6.17. The highest BCUT2D eigenvalue weighted by Crippen LogP contribution is 2.35. The largest absolute Gasteiger partial charge is 0.394 e. The fourth-order valence-electron chi connectivity index (χ4n) is 3.52. The molecule has 23 heavy (non-hydrogen) atoms. The van der Waals surface area contributed by atoms with E-state index in [0.717, 1.165) is 17.5 Å². The highest BCUT2D eigenvalue weighted by molar-refractivity contribution is 5.36. The van der Waals surface area contributed by atoms with Crippen molar-refractivity contribution in [2.24, 2.45) is 0 Å². The molecule has 2 unspecified atom stereocenters.